The molecule has 32 heavy (non-hydrogen) atoms. The molecule has 0 saturated carbocycles. The molecule has 2 N–H and O–H groups in total. The lowest BCUT2D eigenvalue weighted by molar-refractivity contribution is -0.385. The molecule has 0 atom stereocenters. The Hall–Kier alpha value is -3.37. The van der Waals surface area contributed by atoms with Crippen LogP contribution in [0.2, 0.25) is 5.02 Å². The minimum atomic E-state index is -0.690. The van der Waals surface area contributed by atoms with Gasteiger partial charge in [-0.2, -0.15) is 16.9 Å². The zero-order valence-electron chi connectivity index (χ0n) is 16.7. The number of halogens is 1. The molecular formula is C21H18ClN5O4S. The minimum absolute atomic E-state index is 0.0995. The summed E-state index contributed by atoms with van der Waals surface area (Å²) in [5, 5.41) is 21.6. The molecule has 3 aromatic rings. The van der Waals surface area contributed by atoms with E-state index in [1.807, 2.05) is 30.3 Å². The van der Waals surface area contributed by atoms with Gasteiger partial charge in [0.1, 0.15) is 17.9 Å². The molecule has 9 nitrogen and oxygen atoms in total. The van der Waals surface area contributed by atoms with E-state index in [9.17, 15) is 19.7 Å². The molecule has 0 aliphatic carbocycles. The fraction of sp³-hybridized carbons (Fsp3) is 0.190. The van der Waals surface area contributed by atoms with Gasteiger partial charge in [0.2, 0.25) is 5.91 Å². The zero-order valence-corrected chi connectivity index (χ0v) is 18.3. The van der Waals surface area contributed by atoms with E-state index in [-0.39, 0.29) is 28.7 Å². The lowest BCUT2D eigenvalue weighted by Crippen LogP contribution is -2.29. The van der Waals surface area contributed by atoms with Crippen molar-refractivity contribution in [1.29, 1.82) is 0 Å². The van der Waals surface area contributed by atoms with Crippen molar-refractivity contribution in [2.24, 2.45) is 0 Å². The van der Waals surface area contributed by atoms with E-state index in [2.05, 4.69) is 15.7 Å². The fourth-order valence-corrected chi connectivity index (χ4v) is 4.54. The number of aromatic nitrogens is 2. The fourth-order valence-electron chi connectivity index (χ4n) is 3.33. The first-order valence-corrected chi connectivity index (χ1v) is 11.2. The van der Waals surface area contributed by atoms with Crippen LogP contribution < -0.4 is 10.6 Å². The molecular weight excluding hydrogens is 454 g/mol. The first-order valence-electron chi connectivity index (χ1n) is 9.64. The molecule has 0 spiro atoms. The van der Waals surface area contributed by atoms with Gasteiger partial charge in [0, 0.05) is 34.7 Å². The molecule has 2 amide bonds. The average molecular weight is 472 g/mol. The summed E-state index contributed by atoms with van der Waals surface area (Å²) in [6, 6.07) is 13.3. The second kappa shape index (κ2) is 9.41. The number of nitro groups is 1. The monoisotopic (exact) mass is 471 g/mol. The third-order valence-electron chi connectivity index (χ3n) is 4.88. The molecule has 0 bridgehead atoms. The Kier molecular flexibility index (Phi) is 6.42. The molecule has 1 aliphatic heterocycles. The Morgan fingerprint density at radius 2 is 1.97 bits per heavy atom. The van der Waals surface area contributed by atoms with E-state index in [1.54, 1.807) is 11.8 Å². The Bertz CT molecular complexity index is 1200. The van der Waals surface area contributed by atoms with Crippen LogP contribution in [0.25, 0.3) is 0 Å². The summed E-state index contributed by atoms with van der Waals surface area (Å²) in [5.74, 6) is 0.679. The number of carbonyl (C=O) groups is 2. The Balaban J connectivity index is 1.54. The number of fused-ring (bicyclic) bond motifs is 1. The molecule has 0 radical (unpaired) electrons. The number of nitro benzene ring substituents is 1. The smallest absolute Gasteiger partial charge is 0.282 e. The number of nitrogens with zero attached hydrogens (tertiary/aromatic N) is 3. The quantitative estimate of drug-likeness (QED) is 0.400. The van der Waals surface area contributed by atoms with Crippen molar-refractivity contribution in [2.75, 3.05) is 5.32 Å². The van der Waals surface area contributed by atoms with Crippen LogP contribution in [-0.2, 0) is 29.4 Å². The predicted octanol–water partition coefficient (Wildman–Crippen LogP) is 3.76. The molecule has 0 saturated heterocycles. The summed E-state index contributed by atoms with van der Waals surface area (Å²) >= 11 is 7.59. The molecule has 1 aliphatic rings. The Labute approximate surface area is 192 Å². The van der Waals surface area contributed by atoms with Crippen molar-refractivity contribution < 1.29 is 14.5 Å². The normalized spacial score (nSPS) is 12.3. The minimum Gasteiger partial charge on any atom is -0.350 e. The summed E-state index contributed by atoms with van der Waals surface area (Å²) in [6.07, 6.45) is 0. The first-order chi connectivity index (χ1) is 15.4. The van der Waals surface area contributed by atoms with Gasteiger partial charge in [-0.05, 0) is 17.7 Å². The predicted molar refractivity (Wildman–Crippen MR) is 122 cm³/mol. The van der Waals surface area contributed by atoms with Gasteiger partial charge in [-0.25, -0.2) is 4.68 Å². The van der Waals surface area contributed by atoms with E-state index < -0.39 is 10.8 Å². The lowest BCUT2D eigenvalue weighted by atomic mass is 10.1. The molecule has 0 fully saturated rings. The third kappa shape index (κ3) is 4.76. The van der Waals surface area contributed by atoms with Crippen molar-refractivity contribution in [3.05, 3.63) is 86.1 Å². The van der Waals surface area contributed by atoms with E-state index in [0.717, 1.165) is 16.8 Å². The molecule has 4 rings (SSSR count). The van der Waals surface area contributed by atoms with Crippen LogP contribution in [0.4, 0.5) is 11.5 Å². The number of benzene rings is 2. The largest absolute Gasteiger partial charge is 0.350 e. The molecule has 164 valence electrons. The number of hydrogen-bond donors (Lipinski definition) is 2. The number of rotatable bonds is 7. The van der Waals surface area contributed by atoms with Gasteiger partial charge in [-0.1, -0.05) is 41.9 Å². The van der Waals surface area contributed by atoms with Gasteiger partial charge in [0.05, 0.1) is 10.6 Å². The zero-order chi connectivity index (χ0) is 22.7. The van der Waals surface area contributed by atoms with E-state index in [1.165, 1.54) is 22.9 Å². The third-order valence-corrected chi connectivity index (χ3v) is 6.08. The number of amides is 2. The molecule has 1 aromatic heterocycles. The topological polar surface area (TPSA) is 119 Å². The number of hydrogen-bond acceptors (Lipinski definition) is 6. The molecule has 11 heteroatoms. The van der Waals surface area contributed by atoms with Crippen LogP contribution in [0.5, 0.6) is 0 Å². The van der Waals surface area contributed by atoms with Gasteiger partial charge in [-0.15, -0.1) is 0 Å². The van der Waals surface area contributed by atoms with Crippen molar-refractivity contribution in [3.63, 3.8) is 0 Å². The van der Waals surface area contributed by atoms with Crippen molar-refractivity contribution >= 4 is 46.7 Å². The summed E-state index contributed by atoms with van der Waals surface area (Å²) in [5.41, 5.74) is 2.03. The summed E-state index contributed by atoms with van der Waals surface area (Å²) in [4.78, 5) is 36.1. The number of carbonyl (C=O) groups excluding carboxylic acids is 2. The summed E-state index contributed by atoms with van der Waals surface area (Å²) in [6.45, 7) is 0.269. The maximum Gasteiger partial charge on any atom is 0.282 e. The second-order valence-electron chi connectivity index (χ2n) is 7.06. The second-order valence-corrected chi connectivity index (χ2v) is 8.48. The standard InChI is InChI=1S/C21H18ClN5O4S/c22-14-6-7-18(27(30)31)15(8-14)21(29)24-20-16-11-32-12-17(16)25-26(20)10-19(28)23-9-13-4-2-1-3-5-13/h1-8H,9-12H2,(H,23,28)(H,24,29). The number of anilines is 1. The van der Waals surface area contributed by atoms with Crippen molar-refractivity contribution in [1.82, 2.24) is 15.1 Å². The van der Waals surface area contributed by atoms with Crippen LogP contribution in [0, 0.1) is 10.1 Å². The first kappa shape index (κ1) is 21.8. The maximum atomic E-state index is 12.9. The number of nitrogens with one attached hydrogen (secondary N) is 2. The summed E-state index contributed by atoms with van der Waals surface area (Å²) < 4.78 is 1.43. The highest BCUT2D eigenvalue weighted by molar-refractivity contribution is 7.98. The maximum absolute atomic E-state index is 12.9. The van der Waals surface area contributed by atoms with Crippen LogP contribution in [-0.4, -0.2) is 26.5 Å². The van der Waals surface area contributed by atoms with Gasteiger partial charge in [0.15, 0.2) is 0 Å². The molecule has 2 aromatic carbocycles. The van der Waals surface area contributed by atoms with E-state index in [0.29, 0.717) is 23.9 Å². The summed E-state index contributed by atoms with van der Waals surface area (Å²) in [7, 11) is 0. The van der Waals surface area contributed by atoms with Crippen molar-refractivity contribution in [2.45, 2.75) is 24.6 Å². The molecule has 0 unspecified atom stereocenters. The van der Waals surface area contributed by atoms with E-state index >= 15 is 0 Å². The molecule has 2 heterocycles. The highest BCUT2D eigenvalue weighted by Gasteiger charge is 2.27. The van der Waals surface area contributed by atoms with Crippen LogP contribution in [0.3, 0.4) is 0 Å². The SMILES string of the molecule is O=C(Cn1nc2c(c1NC(=O)c1cc(Cl)ccc1[N+](=O)[O-])CSC2)NCc1ccccc1. The lowest BCUT2D eigenvalue weighted by Gasteiger charge is -2.12. The van der Waals surface area contributed by atoms with Gasteiger partial charge < -0.3 is 10.6 Å². The van der Waals surface area contributed by atoms with Gasteiger partial charge in [-0.3, -0.25) is 19.7 Å². The van der Waals surface area contributed by atoms with Crippen LogP contribution in [0.1, 0.15) is 27.2 Å². The Morgan fingerprint density at radius 3 is 2.72 bits per heavy atom. The number of thioether (sulfide) groups is 1. The van der Waals surface area contributed by atoms with Gasteiger partial charge in [0.25, 0.3) is 11.6 Å². The Morgan fingerprint density at radius 1 is 1.19 bits per heavy atom. The average Bonchev–Trinajstić information content (AvgIpc) is 3.35. The van der Waals surface area contributed by atoms with Crippen LogP contribution in [0.15, 0.2) is 48.5 Å². The van der Waals surface area contributed by atoms with Gasteiger partial charge >= 0.3 is 0 Å². The highest BCUT2D eigenvalue weighted by Crippen LogP contribution is 2.35. The van der Waals surface area contributed by atoms with E-state index in [4.69, 9.17) is 11.6 Å². The highest BCUT2D eigenvalue weighted by atomic mass is 35.5. The van der Waals surface area contributed by atoms with Crippen molar-refractivity contribution in [3.8, 4) is 0 Å². The van der Waals surface area contributed by atoms with Crippen LogP contribution >= 0.6 is 23.4 Å².